The van der Waals surface area contributed by atoms with Crippen molar-refractivity contribution in [3.8, 4) is 0 Å². The van der Waals surface area contributed by atoms with Gasteiger partial charge < -0.3 is 9.80 Å². The van der Waals surface area contributed by atoms with Crippen LogP contribution >= 0.6 is 0 Å². The lowest BCUT2D eigenvalue weighted by atomic mass is 9.85. The van der Waals surface area contributed by atoms with Gasteiger partial charge in [-0.05, 0) is 74.2 Å². The van der Waals surface area contributed by atoms with Crippen molar-refractivity contribution in [2.45, 2.75) is 65.3 Å². The molecule has 0 aromatic heterocycles. The van der Waals surface area contributed by atoms with E-state index in [-0.39, 0.29) is 0 Å². The molecule has 2 heteroatoms. The Morgan fingerprint density at radius 3 is 2.12 bits per heavy atom. The molecule has 2 nitrogen and oxygen atoms in total. The highest BCUT2D eigenvalue weighted by Crippen LogP contribution is 2.30. The van der Waals surface area contributed by atoms with Crippen LogP contribution in [0.3, 0.4) is 0 Å². The van der Waals surface area contributed by atoms with Crippen LogP contribution in [0.15, 0.2) is 24.3 Å². The van der Waals surface area contributed by atoms with Crippen LogP contribution in [0, 0.1) is 11.8 Å². The zero-order valence-electron chi connectivity index (χ0n) is 16.2. The lowest BCUT2D eigenvalue weighted by Crippen LogP contribution is -2.48. The molecule has 24 heavy (non-hydrogen) atoms. The minimum atomic E-state index is 0.616. The van der Waals surface area contributed by atoms with E-state index in [0.29, 0.717) is 5.92 Å². The summed E-state index contributed by atoms with van der Waals surface area (Å²) < 4.78 is 0. The highest BCUT2D eigenvalue weighted by Gasteiger charge is 2.29. The van der Waals surface area contributed by atoms with Gasteiger partial charge in [-0.2, -0.15) is 0 Å². The molecule has 0 atom stereocenters. The maximum Gasteiger partial charge on any atom is 0.0369 e. The van der Waals surface area contributed by atoms with Crippen LogP contribution in [-0.4, -0.2) is 37.1 Å². The third kappa shape index (κ3) is 4.14. The highest BCUT2D eigenvalue weighted by atomic mass is 15.2. The maximum absolute atomic E-state index is 2.79. The first kappa shape index (κ1) is 17.8. The van der Waals surface area contributed by atoms with Gasteiger partial charge in [0.15, 0.2) is 0 Å². The Balaban J connectivity index is 1.52. The van der Waals surface area contributed by atoms with Crippen molar-refractivity contribution in [2.24, 2.45) is 11.8 Å². The predicted octanol–water partition coefficient (Wildman–Crippen LogP) is 5.15. The summed E-state index contributed by atoms with van der Waals surface area (Å²) in [6, 6.07) is 10.0. The van der Waals surface area contributed by atoms with E-state index in [1.54, 1.807) is 0 Å². The molecule has 2 aliphatic rings. The number of hydrogen-bond donors (Lipinski definition) is 0. The first-order chi connectivity index (χ1) is 11.5. The van der Waals surface area contributed by atoms with Gasteiger partial charge in [0, 0.05) is 24.8 Å². The topological polar surface area (TPSA) is 6.48 Å². The molecule has 0 unspecified atom stereocenters. The van der Waals surface area contributed by atoms with Gasteiger partial charge in [0.05, 0.1) is 0 Å². The summed E-state index contributed by atoms with van der Waals surface area (Å²) in [6.45, 7) is 14.5. The monoisotopic (exact) mass is 328 g/mol. The minimum Gasteiger partial charge on any atom is -0.371 e. The van der Waals surface area contributed by atoms with Gasteiger partial charge in [-0.1, -0.05) is 39.8 Å². The van der Waals surface area contributed by atoms with E-state index in [2.05, 4.69) is 61.8 Å². The van der Waals surface area contributed by atoms with Crippen LogP contribution in [0.5, 0.6) is 0 Å². The Morgan fingerprint density at radius 2 is 1.54 bits per heavy atom. The number of anilines is 1. The van der Waals surface area contributed by atoms with E-state index in [9.17, 15) is 0 Å². The Kier molecular flexibility index (Phi) is 5.86. The summed E-state index contributed by atoms with van der Waals surface area (Å²) in [4.78, 5) is 5.39. The average Bonchev–Trinajstić information content (AvgIpc) is 2.62. The molecular formula is C22H36N2. The largest absolute Gasteiger partial charge is 0.371 e. The van der Waals surface area contributed by atoms with Gasteiger partial charge in [-0.25, -0.2) is 0 Å². The van der Waals surface area contributed by atoms with Crippen LogP contribution in [0.4, 0.5) is 5.69 Å². The number of benzene rings is 1. The molecular weight excluding hydrogens is 292 g/mol. The Morgan fingerprint density at radius 1 is 0.875 bits per heavy atom. The first-order valence-corrected chi connectivity index (χ1v) is 10.1. The zero-order chi connectivity index (χ0) is 17.1. The molecule has 1 aromatic carbocycles. The lowest BCUT2D eigenvalue weighted by Gasteiger charge is -2.43. The molecule has 1 aromatic rings. The summed E-state index contributed by atoms with van der Waals surface area (Å²) >= 11 is 0. The number of piperidine rings is 2. The maximum atomic E-state index is 2.79. The molecule has 2 fully saturated rings. The molecule has 0 radical (unpaired) electrons. The van der Waals surface area contributed by atoms with Crippen LogP contribution in [0.1, 0.15) is 64.9 Å². The smallest absolute Gasteiger partial charge is 0.0369 e. The predicted molar refractivity (Wildman–Crippen MR) is 105 cm³/mol. The van der Waals surface area contributed by atoms with Gasteiger partial charge in [0.1, 0.15) is 0 Å². The van der Waals surface area contributed by atoms with E-state index in [4.69, 9.17) is 0 Å². The van der Waals surface area contributed by atoms with E-state index in [1.807, 2.05) is 0 Å². The fraction of sp³-hybridized carbons (Fsp3) is 0.727. The molecule has 0 saturated carbocycles. The quantitative estimate of drug-likeness (QED) is 0.754. The van der Waals surface area contributed by atoms with Gasteiger partial charge >= 0.3 is 0 Å². The molecule has 0 amide bonds. The number of rotatable bonds is 4. The SMILES string of the molecule is CC(C)c1cccc(N2CCC(N3CCC(C(C)C)CC3)CC2)c1. The number of likely N-dealkylation sites (tertiary alicyclic amines) is 1. The summed E-state index contributed by atoms with van der Waals surface area (Å²) in [7, 11) is 0. The minimum absolute atomic E-state index is 0.616. The number of nitrogens with zero attached hydrogens (tertiary/aromatic N) is 2. The second kappa shape index (κ2) is 7.91. The Bertz CT molecular complexity index is 506. The molecule has 0 bridgehead atoms. The zero-order valence-corrected chi connectivity index (χ0v) is 16.2. The second-order valence-corrected chi connectivity index (χ2v) is 8.59. The molecule has 0 N–H and O–H groups in total. The molecule has 134 valence electrons. The van der Waals surface area contributed by atoms with Crippen LogP contribution < -0.4 is 4.90 Å². The van der Waals surface area contributed by atoms with Crippen molar-refractivity contribution in [2.75, 3.05) is 31.1 Å². The van der Waals surface area contributed by atoms with Crippen molar-refractivity contribution in [3.63, 3.8) is 0 Å². The summed E-state index contributed by atoms with van der Waals surface area (Å²) in [5.41, 5.74) is 2.89. The van der Waals surface area contributed by atoms with Crippen molar-refractivity contribution in [3.05, 3.63) is 29.8 Å². The van der Waals surface area contributed by atoms with E-state index in [1.165, 1.54) is 63.1 Å². The summed E-state index contributed by atoms with van der Waals surface area (Å²) in [5.74, 6) is 2.44. The third-order valence-corrected chi connectivity index (χ3v) is 6.40. The highest BCUT2D eigenvalue weighted by molar-refractivity contribution is 5.49. The molecule has 0 spiro atoms. The molecule has 2 heterocycles. The molecule has 2 aliphatic heterocycles. The molecule has 3 rings (SSSR count). The standard InChI is InChI=1S/C22H36N2/c1-17(2)19-8-12-23(13-9-19)21-10-14-24(15-11-21)22-7-5-6-20(16-22)18(3)4/h5-7,16-19,21H,8-15H2,1-4H3. The number of hydrogen-bond acceptors (Lipinski definition) is 2. The van der Waals surface area contributed by atoms with Gasteiger partial charge in [-0.3, -0.25) is 0 Å². The lowest BCUT2D eigenvalue weighted by molar-refractivity contribution is 0.101. The van der Waals surface area contributed by atoms with Crippen LogP contribution in [0.25, 0.3) is 0 Å². The normalized spacial score (nSPS) is 21.8. The van der Waals surface area contributed by atoms with Crippen molar-refractivity contribution in [1.82, 2.24) is 4.90 Å². The second-order valence-electron chi connectivity index (χ2n) is 8.59. The first-order valence-electron chi connectivity index (χ1n) is 10.1. The Hall–Kier alpha value is -1.02. The van der Waals surface area contributed by atoms with E-state index >= 15 is 0 Å². The summed E-state index contributed by atoms with van der Waals surface area (Å²) in [5, 5.41) is 0. The Labute approximate surface area is 149 Å². The van der Waals surface area contributed by atoms with Crippen molar-refractivity contribution >= 4 is 5.69 Å². The average molecular weight is 329 g/mol. The van der Waals surface area contributed by atoms with Gasteiger partial charge in [-0.15, -0.1) is 0 Å². The fourth-order valence-corrected chi connectivity index (χ4v) is 4.52. The van der Waals surface area contributed by atoms with Crippen LogP contribution in [-0.2, 0) is 0 Å². The summed E-state index contributed by atoms with van der Waals surface area (Å²) in [6.07, 6.45) is 5.49. The van der Waals surface area contributed by atoms with E-state index in [0.717, 1.165) is 17.9 Å². The van der Waals surface area contributed by atoms with Gasteiger partial charge in [0.25, 0.3) is 0 Å². The fourth-order valence-electron chi connectivity index (χ4n) is 4.52. The third-order valence-electron chi connectivity index (χ3n) is 6.40. The molecule has 0 aliphatic carbocycles. The van der Waals surface area contributed by atoms with Crippen LogP contribution in [0.2, 0.25) is 0 Å². The molecule has 2 saturated heterocycles. The van der Waals surface area contributed by atoms with E-state index < -0.39 is 0 Å². The van der Waals surface area contributed by atoms with Gasteiger partial charge in [0.2, 0.25) is 0 Å². The van der Waals surface area contributed by atoms with Crippen molar-refractivity contribution < 1.29 is 0 Å². The van der Waals surface area contributed by atoms with Crippen molar-refractivity contribution in [1.29, 1.82) is 0 Å².